The lowest BCUT2D eigenvalue weighted by molar-refractivity contribution is 0.177. The molecule has 0 aromatic carbocycles. The summed E-state index contributed by atoms with van der Waals surface area (Å²) in [6.07, 6.45) is -0.524. The van der Waals surface area contributed by atoms with Gasteiger partial charge in [0.15, 0.2) is 0 Å². The maximum atomic E-state index is 9.62. The van der Waals surface area contributed by atoms with Crippen LogP contribution in [0, 0.1) is 6.92 Å². The standard InChI is InChI=1S/C9H13ClN2O/c1-6-3-7(4-9(10)12-6)8(13)5-11-2/h3-4,8,11,13H,5H2,1-2H3. The van der Waals surface area contributed by atoms with Crippen LogP contribution in [0.1, 0.15) is 17.4 Å². The quantitative estimate of drug-likeness (QED) is 0.723. The molecule has 0 fully saturated rings. The molecule has 1 heterocycles. The third kappa shape index (κ3) is 2.95. The topological polar surface area (TPSA) is 45.1 Å². The molecule has 4 heteroatoms. The number of nitrogens with zero attached hydrogens (tertiary/aromatic N) is 1. The molecule has 72 valence electrons. The number of halogens is 1. The highest BCUT2D eigenvalue weighted by molar-refractivity contribution is 6.29. The van der Waals surface area contributed by atoms with E-state index in [0.29, 0.717) is 11.7 Å². The van der Waals surface area contributed by atoms with E-state index in [1.54, 1.807) is 13.1 Å². The molecular weight excluding hydrogens is 188 g/mol. The van der Waals surface area contributed by atoms with Gasteiger partial charge in [0.2, 0.25) is 0 Å². The SMILES string of the molecule is CNCC(O)c1cc(C)nc(Cl)c1. The normalized spacial score (nSPS) is 12.9. The first kappa shape index (κ1) is 10.4. The predicted molar refractivity (Wildman–Crippen MR) is 52.9 cm³/mol. The van der Waals surface area contributed by atoms with Gasteiger partial charge in [-0.05, 0) is 31.7 Å². The minimum atomic E-state index is -0.524. The van der Waals surface area contributed by atoms with Crippen molar-refractivity contribution in [3.8, 4) is 0 Å². The third-order valence-corrected chi connectivity index (χ3v) is 1.92. The lowest BCUT2D eigenvalue weighted by Gasteiger charge is -2.10. The number of aryl methyl sites for hydroxylation is 1. The molecular formula is C9H13ClN2O. The van der Waals surface area contributed by atoms with Gasteiger partial charge in [-0.25, -0.2) is 4.98 Å². The Bertz CT molecular complexity index is 271. The Kier molecular flexibility index (Phi) is 3.66. The molecule has 0 amide bonds. The summed E-state index contributed by atoms with van der Waals surface area (Å²) in [6, 6.07) is 3.50. The number of hydrogen-bond acceptors (Lipinski definition) is 3. The first-order chi connectivity index (χ1) is 6.13. The first-order valence-electron chi connectivity index (χ1n) is 4.10. The van der Waals surface area contributed by atoms with Gasteiger partial charge in [0.05, 0.1) is 6.10 Å². The molecule has 1 aromatic heterocycles. The molecule has 2 N–H and O–H groups in total. The molecule has 0 saturated carbocycles. The van der Waals surface area contributed by atoms with Crippen molar-refractivity contribution in [1.29, 1.82) is 0 Å². The Morgan fingerprint density at radius 1 is 1.62 bits per heavy atom. The Hall–Kier alpha value is -0.640. The van der Waals surface area contributed by atoms with Crippen LogP contribution in [0.25, 0.3) is 0 Å². The number of pyridine rings is 1. The van der Waals surface area contributed by atoms with Crippen LogP contribution in [0.3, 0.4) is 0 Å². The van der Waals surface area contributed by atoms with Crippen LogP contribution in [-0.4, -0.2) is 23.7 Å². The highest BCUT2D eigenvalue weighted by Gasteiger charge is 2.07. The van der Waals surface area contributed by atoms with E-state index in [9.17, 15) is 5.11 Å². The molecule has 1 unspecified atom stereocenters. The van der Waals surface area contributed by atoms with Gasteiger partial charge in [0.1, 0.15) is 5.15 Å². The van der Waals surface area contributed by atoms with Crippen molar-refractivity contribution in [1.82, 2.24) is 10.3 Å². The molecule has 0 aliphatic carbocycles. The largest absolute Gasteiger partial charge is 0.387 e. The third-order valence-electron chi connectivity index (χ3n) is 1.73. The summed E-state index contributed by atoms with van der Waals surface area (Å²) in [6.45, 7) is 2.36. The second-order valence-electron chi connectivity index (χ2n) is 2.94. The molecule has 13 heavy (non-hydrogen) atoms. The average molecular weight is 201 g/mol. The van der Waals surface area contributed by atoms with Crippen molar-refractivity contribution in [3.63, 3.8) is 0 Å². The van der Waals surface area contributed by atoms with Crippen molar-refractivity contribution >= 4 is 11.6 Å². The van der Waals surface area contributed by atoms with Crippen LogP contribution in [0.15, 0.2) is 12.1 Å². The maximum Gasteiger partial charge on any atom is 0.129 e. The van der Waals surface area contributed by atoms with Crippen LogP contribution >= 0.6 is 11.6 Å². The molecule has 1 atom stereocenters. The number of rotatable bonds is 3. The van der Waals surface area contributed by atoms with Gasteiger partial charge < -0.3 is 10.4 Å². The van der Waals surface area contributed by atoms with Crippen molar-refractivity contribution < 1.29 is 5.11 Å². The van der Waals surface area contributed by atoms with E-state index in [-0.39, 0.29) is 0 Å². The second-order valence-corrected chi connectivity index (χ2v) is 3.33. The van der Waals surface area contributed by atoms with E-state index >= 15 is 0 Å². The number of likely N-dealkylation sites (N-methyl/N-ethyl adjacent to an activating group) is 1. The maximum absolute atomic E-state index is 9.62. The summed E-state index contributed by atoms with van der Waals surface area (Å²) in [7, 11) is 1.79. The average Bonchev–Trinajstić information content (AvgIpc) is 2.03. The highest BCUT2D eigenvalue weighted by Crippen LogP contribution is 2.16. The van der Waals surface area contributed by atoms with Gasteiger partial charge in [-0.1, -0.05) is 11.6 Å². The van der Waals surface area contributed by atoms with Gasteiger partial charge in [-0.15, -0.1) is 0 Å². The molecule has 1 rings (SSSR count). The Morgan fingerprint density at radius 3 is 2.85 bits per heavy atom. The van der Waals surface area contributed by atoms with E-state index < -0.39 is 6.10 Å². The summed E-state index contributed by atoms with van der Waals surface area (Å²) < 4.78 is 0. The molecule has 3 nitrogen and oxygen atoms in total. The Labute approximate surface area is 82.8 Å². The van der Waals surface area contributed by atoms with Crippen LogP contribution < -0.4 is 5.32 Å². The fourth-order valence-electron chi connectivity index (χ4n) is 1.16. The minimum absolute atomic E-state index is 0.421. The molecule has 0 spiro atoms. The van der Waals surface area contributed by atoms with Crippen LogP contribution in [0.5, 0.6) is 0 Å². The Balaban J connectivity index is 2.87. The molecule has 0 bridgehead atoms. The molecule has 0 aliphatic rings. The number of nitrogens with one attached hydrogen (secondary N) is 1. The number of hydrogen-bond donors (Lipinski definition) is 2. The summed E-state index contributed by atoms with van der Waals surface area (Å²) in [4.78, 5) is 4.01. The minimum Gasteiger partial charge on any atom is -0.387 e. The summed E-state index contributed by atoms with van der Waals surface area (Å²) >= 11 is 5.75. The van der Waals surface area contributed by atoms with Crippen molar-refractivity contribution in [2.45, 2.75) is 13.0 Å². The van der Waals surface area contributed by atoms with Crippen LogP contribution in [-0.2, 0) is 0 Å². The van der Waals surface area contributed by atoms with E-state index in [0.717, 1.165) is 11.3 Å². The van der Waals surface area contributed by atoms with Gasteiger partial charge in [0, 0.05) is 12.2 Å². The zero-order chi connectivity index (χ0) is 9.84. The fourth-order valence-corrected chi connectivity index (χ4v) is 1.42. The number of aromatic nitrogens is 1. The number of aliphatic hydroxyl groups is 1. The molecule has 1 aromatic rings. The lowest BCUT2D eigenvalue weighted by Crippen LogP contribution is -2.16. The fraction of sp³-hybridized carbons (Fsp3) is 0.444. The summed E-state index contributed by atoms with van der Waals surface area (Å²) in [5.74, 6) is 0. The summed E-state index contributed by atoms with van der Waals surface area (Å²) in [5.41, 5.74) is 1.62. The van der Waals surface area contributed by atoms with E-state index in [4.69, 9.17) is 11.6 Å². The van der Waals surface area contributed by atoms with Crippen molar-refractivity contribution in [3.05, 3.63) is 28.5 Å². The van der Waals surface area contributed by atoms with Crippen LogP contribution in [0.4, 0.5) is 0 Å². The van der Waals surface area contributed by atoms with E-state index in [1.165, 1.54) is 0 Å². The van der Waals surface area contributed by atoms with E-state index in [1.807, 2.05) is 13.0 Å². The first-order valence-corrected chi connectivity index (χ1v) is 4.48. The summed E-state index contributed by atoms with van der Waals surface area (Å²) in [5, 5.41) is 12.9. The van der Waals surface area contributed by atoms with Crippen LogP contribution in [0.2, 0.25) is 5.15 Å². The van der Waals surface area contributed by atoms with E-state index in [2.05, 4.69) is 10.3 Å². The zero-order valence-corrected chi connectivity index (χ0v) is 8.47. The number of aliphatic hydroxyl groups excluding tert-OH is 1. The zero-order valence-electron chi connectivity index (χ0n) is 7.71. The lowest BCUT2D eigenvalue weighted by atomic mass is 10.1. The highest BCUT2D eigenvalue weighted by atomic mass is 35.5. The van der Waals surface area contributed by atoms with Gasteiger partial charge in [0.25, 0.3) is 0 Å². The Morgan fingerprint density at radius 2 is 2.31 bits per heavy atom. The van der Waals surface area contributed by atoms with Gasteiger partial charge in [-0.2, -0.15) is 0 Å². The second kappa shape index (κ2) is 4.56. The van der Waals surface area contributed by atoms with Gasteiger partial charge >= 0.3 is 0 Å². The van der Waals surface area contributed by atoms with Crippen molar-refractivity contribution in [2.24, 2.45) is 0 Å². The monoisotopic (exact) mass is 200 g/mol. The van der Waals surface area contributed by atoms with Gasteiger partial charge in [-0.3, -0.25) is 0 Å². The molecule has 0 saturated heterocycles. The smallest absolute Gasteiger partial charge is 0.129 e. The predicted octanol–water partition coefficient (Wildman–Crippen LogP) is 1.30. The molecule has 0 aliphatic heterocycles. The van der Waals surface area contributed by atoms with Crippen molar-refractivity contribution in [2.75, 3.05) is 13.6 Å². The molecule has 0 radical (unpaired) electrons.